The van der Waals surface area contributed by atoms with Crippen molar-refractivity contribution in [1.29, 1.82) is 0 Å². The van der Waals surface area contributed by atoms with E-state index < -0.39 is 10.0 Å². The molecule has 0 saturated heterocycles. The van der Waals surface area contributed by atoms with Crippen molar-refractivity contribution in [2.75, 3.05) is 5.32 Å². The summed E-state index contributed by atoms with van der Waals surface area (Å²) >= 11 is 1.36. The highest BCUT2D eigenvalue weighted by Crippen LogP contribution is 2.37. The summed E-state index contributed by atoms with van der Waals surface area (Å²) in [4.78, 5) is 16.5. The first-order chi connectivity index (χ1) is 14.0. The number of carbonyl (C=O) groups is 1. The Balaban J connectivity index is 1.46. The molecule has 0 saturated carbocycles. The topological polar surface area (TPSA) is 88.6 Å². The van der Waals surface area contributed by atoms with Crippen LogP contribution in [0.15, 0.2) is 72.3 Å². The molecule has 0 atom stereocenters. The molecular weight excluding hydrogens is 410 g/mol. The molecule has 1 N–H and O–H groups in total. The minimum Gasteiger partial charge on any atom is -0.439 e. The molecule has 0 unspecified atom stereocenters. The van der Waals surface area contributed by atoms with Crippen LogP contribution in [0.25, 0.3) is 0 Å². The van der Waals surface area contributed by atoms with Gasteiger partial charge in [0, 0.05) is 24.0 Å². The fraction of sp³-hybridized carbons (Fsp3) is 0.100. The van der Waals surface area contributed by atoms with Gasteiger partial charge in [-0.15, -0.1) is 11.3 Å². The number of para-hydroxylation sites is 1. The first kappa shape index (κ1) is 19.3. The molecule has 1 aromatic carbocycles. The SMILES string of the molecule is C=CC(=O)Nc1cc2c(s1)CN(S(=O)(=O)c1ccc(Oc3ccccc3)nc1)C2. The number of amides is 1. The normalized spacial score (nSPS) is 13.7. The Bertz CT molecular complexity index is 1130. The molecule has 29 heavy (non-hydrogen) atoms. The van der Waals surface area contributed by atoms with Crippen LogP contribution in [0, 0.1) is 0 Å². The molecule has 3 heterocycles. The standard InChI is InChI=1S/C20H17N3O4S2/c1-2-18(24)22-20-10-14-12-23(13-17(14)28-20)29(25,26)16-8-9-19(21-11-16)27-15-6-4-3-5-7-15/h2-11H,1,12-13H2,(H,22,24). The largest absolute Gasteiger partial charge is 0.439 e. The maximum absolute atomic E-state index is 12.9. The molecule has 9 heteroatoms. The molecule has 0 fully saturated rings. The van der Waals surface area contributed by atoms with Gasteiger partial charge in [0.2, 0.25) is 21.8 Å². The summed E-state index contributed by atoms with van der Waals surface area (Å²) in [5.74, 6) is 0.649. The van der Waals surface area contributed by atoms with E-state index in [4.69, 9.17) is 4.74 Å². The van der Waals surface area contributed by atoms with Crippen molar-refractivity contribution < 1.29 is 17.9 Å². The number of thiophene rings is 1. The second-order valence-electron chi connectivity index (χ2n) is 6.27. The van der Waals surface area contributed by atoms with Gasteiger partial charge in [0.15, 0.2) is 0 Å². The Morgan fingerprint density at radius 3 is 2.66 bits per heavy atom. The van der Waals surface area contributed by atoms with Crippen LogP contribution in [0.4, 0.5) is 5.00 Å². The van der Waals surface area contributed by atoms with Crippen LogP contribution < -0.4 is 10.1 Å². The number of pyridine rings is 1. The predicted molar refractivity (Wildman–Crippen MR) is 110 cm³/mol. The van der Waals surface area contributed by atoms with Crippen molar-refractivity contribution in [1.82, 2.24) is 9.29 Å². The van der Waals surface area contributed by atoms with E-state index in [9.17, 15) is 13.2 Å². The summed E-state index contributed by atoms with van der Waals surface area (Å²) in [6.07, 6.45) is 2.50. The van der Waals surface area contributed by atoms with E-state index in [1.54, 1.807) is 18.2 Å². The van der Waals surface area contributed by atoms with Gasteiger partial charge >= 0.3 is 0 Å². The maximum atomic E-state index is 12.9. The number of nitrogens with zero attached hydrogens (tertiary/aromatic N) is 2. The molecule has 1 aliphatic rings. The molecule has 7 nitrogen and oxygen atoms in total. The summed E-state index contributed by atoms with van der Waals surface area (Å²) in [6, 6.07) is 14.0. The number of fused-ring (bicyclic) bond motifs is 1. The quantitative estimate of drug-likeness (QED) is 0.605. The van der Waals surface area contributed by atoms with E-state index in [1.165, 1.54) is 40.0 Å². The average Bonchev–Trinajstić information content (AvgIpc) is 3.28. The Kier molecular flexibility index (Phi) is 5.18. The molecular formula is C20H17N3O4S2. The van der Waals surface area contributed by atoms with E-state index in [0.717, 1.165) is 10.4 Å². The molecule has 148 valence electrons. The van der Waals surface area contributed by atoms with Gasteiger partial charge in [-0.1, -0.05) is 24.8 Å². The van der Waals surface area contributed by atoms with Crippen LogP contribution in [0.2, 0.25) is 0 Å². The first-order valence-corrected chi connectivity index (χ1v) is 11.0. The average molecular weight is 428 g/mol. The third-order valence-corrected chi connectivity index (χ3v) is 7.16. The lowest BCUT2D eigenvalue weighted by Gasteiger charge is -2.16. The lowest BCUT2D eigenvalue weighted by Crippen LogP contribution is -2.25. The number of rotatable bonds is 6. The summed E-state index contributed by atoms with van der Waals surface area (Å²) in [5, 5.41) is 3.38. The smallest absolute Gasteiger partial charge is 0.248 e. The van der Waals surface area contributed by atoms with Crippen LogP contribution in [-0.2, 0) is 27.9 Å². The third kappa shape index (κ3) is 4.07. The summed E-state index contributed by atoms with van der Waals surface area (Å²) < 4.78 is 32.9. The number of carbonyl (C=O) groups excluding carboxylic acids is 1. The number of sulfonamides is 1. The van der Waals surface area contributed by atoms with Crippen LogP contribution >= 0.6 is 11.3 Å². The van der Waals surface area contributed by atoms with Gasteiger partial charge in [-0.2, -0.15) is 4.31 Å². The van der Waals surface area contributed by atoms with Crippen molar-refractivity contribution in [2.24, 2.45) is 0 Å². The van der Waals surface area contributed by atoms with Gasteiger partial charge in [-0.25, -0.2) is 13.4 Å². The maximum Gasteiger partial charge on any atom is 0.248 e. The molecule has 1 amide bonds. The zero-order chi connectivity index (χ0) is 20.4. The predicted octanol–water partition coefficient (Wildman–Crippen LogP) is 3.76. The summed E-state index contributed by atoms with van der Waals surface area (Å²) in [5.41, 5.74) is 0.884. The molecule has 0 bridgehead atoms. The lowest BCUT2D eigenvalue weighted by molar-refractivity contribution is -0.111. The van der Waals surface area contributed by atoms with Gasteiger partial charge < -0.3 is 10.1 Å². The zero-order valence-corrected chi connectivity index (χ0v) is 16.9. The van der Waals surface area contributed by atoms with Crippen molar-refractivity contribution in [2.45, 2.75) is 18.0 Å². The van der Waals surface area contributed by atoms with Crippen LogP contribution in [0.3, 0.4) is 0 Å². The number of benzene rings is 1. The highest BCUT2D eigenvalue weighted by atomic mass is 32.2. The van der Waals surface area contributed by atoms with Crippen molar-refractivity contribution in [3.63, 3.8) is 0 Å². The Morgan fingerprint density at radius 2 is 2.00 bits per heavy atom. The Labute approximate surface area is 172 Å². The zero-order valence-electron chi connectivity index (χ0n) is 15.2. The van der Waals surface area contributed by atoms with E-state index in [0.29, 0.717) is 16.6 Å². The molecule has 0 radical (unpaired) electrons. The molecule has 3 aromatic rings. The lowest BCUT2D eigenvalue weighted by atomic mass is 10.3. The van der Waals surface area contributed by atoms with Gasteiger partial charge in [0.1, 0.15) is 10.6 Å². The summed E-state index contributed by atoms with van der Waals surface area (Å²) in [7, 11) is -3.69. The number of aromatic nitrogens is 1. The number of anilines is 1. The minimum atomic E-state index is -3.69. The van der Waals surface area contributed by atoms with Crippen molar-refractivity contribution in [3.05, 3.63) is 77.8 Å². The third-order valence-electron chi connectivity index (χ3n) is 4.31. The summed E-state index contributed by atoms with van der Waals surface area (Å²) in [6.45, 7) is 3.93. The van der Waals surface area contributed by atoms with Crippen LogP contribution in [0.5, 0.6) is 11.6 Å². The van der Waals surface area contributed by atoms with Gasteiger partial charge in [-0.3, -0.25) is 4.79 Å². The van der Waals surface area contributed by atoms with Crippen molar-refractivity contribution in [3.8, 4) is 11.6 Å². The monoisotopic (exact) mass is 427 g/mol. The number of hydrogen-bond acceptors (Lipinski definition) is 6. The molecule has 0 spiro atoms. The number of ether oxygens (including phenoxy) is 1. The first-order valence-electron chi connectivity index (χ1n) is 8.70. The number of nitrogens with one attached hydrogen (secondary N) is 1. The number of hydrogen-bond donors (Lipinski definition) is 1. The highest BCUT2D eigenvalue weighted by molar-refractivity contribution is 7.89. The van der Waals surface area contributed by atoms with Crippen LogP contribution in [0.1, 0.15) is 10.4 Å². The fourth-order valence-electron chi connectivity index (χ4n) is 2.88. The van der Waals surface area contributed by atoms with Gasteiger partial charge in [0.05, 0.1) is 11.2 Å². The van der Waals surface area contributed by atoms with Gasteiger partial charge in [0.25, 0.3) is 0 Å². The van der Waals surface area contributed by atoms with Crippen LogP contribution in [-0.4, -0.2) is 23.6 Å². The van der Waals surface area contributed by atoms with E-state index in [1.807, 2.05) is 18.2 Å². The van der Waals surface area contributed by atoms with E-state index >= 15 is 0 Å². The Morgan fingerprint density at radius 1 is 1.21 bits per heavy atom. The second kappa shape index (κ2) is 7.78. The van der Waals surface area contributed by atoms with Crippen molar-refractivity contribution >= 4 is 32.3 Å². The molecule has 1 aliphatic heterocycles. The highest BCUT2D eigenvalue weighted by Gasteiger charge is 2.32. The molecule has 4 rings (SSSR count). The van der Waals surface area contributed by atoms with Gasteiger partial charge in [-0.05, 0) is 35.9 Å². The minimum absolute atomic E-state index is 0.105. The van der Waals surface area contributed by atoms with E-state index in [2.05, 4.69) is 16.9 Å². The fourth-order valence-corrected chi connectivity index (χ4v) is 5.39. The molecule has 0 aliphatic carbocycles. The van der Waals surface area contributed by atoms with E-state index in [-0.39, 0.29) is 23.9 Å². The Hall–Kier alpha value is -3.01. The second-order valence-corrected chi connectivity index (χ2v) is 9.35. The molecule has 2 aromatic heterocycles.